The van der Waals surface area contributed by atoms with E-state index in [1.54, 1.807) is 20.5 Å². The molecule has 8 nitrogen and oxygen atoms in total. The Morgan fingerprint density at radius 3 is 2.66 bits per heavy atom. The van der Waals surface area contributed by atoms with E-state index in [1.807, 2.05) is 26.1 Å². The molecule has 1 fully saturated rings. The maximum atomic E-state index is 13.0. The van der Waals surface area contributed by atoms with Gasteiger partial charge < -0.3 is 19.9 Å². The number of carbonyl (C=O) groups is 2. The Labute approximate surface area is 174 Å². The molecule has 3 heterocycles. The number of benzene rings is 1. The third kappa shape index (κ3) is 3.95. The monoisotopic (exact) mass is 417 g/mol. The normalized spacial score (nSPS) is 16.5. The number of carbonyl (C=O) groups excluding carboxylic acids is 2. The van der Waals surface area contributed by atoms with Crippen LogP contribution in [-0.4, -0.2) is 64.4 Å². The molecular weight excluding hydrogens is 394 g/mol. The third-order valence-electron chi connectivity index (χ3n) is 5.45. The first-order valence-corrected chi connectivity index (χ1v) is 10.1. The van der Waals surface area contributed by atoms with E-state index in [0.717, 1.165) is 16.8 Å². The average molecular weight is 418 g/mol. The number of aromatic nitrogens is 2. The molecule has 2 aromatic rings. The van der Waals surface area contributed by atoms with Gasteiger partial charge in [0.15, 0.2) is 5.69 Å². The van der Waals surface area contributed by atoms with E-state index < -0.39 is 0 Å². The maximum absolute atomic E-state index is 13.0. The molecule has 1 aromatic heterocycles. The minimum absolute atomic E-state index is 0.0993. The van der Waals surface area contributed by atoms with Gasteiger partial charge in [-0.3, -0.25) is 9.48 Å². The summed E-state index contributed by atoms with van der Waals surface area (Å²) in [5.41, 5.74) is 3.86. The molecule has 2 aliphatic heterocycles. The van der Waals surface area contributed by atoms with Crippen LogP contribution in [0, 0.1) is 6.92 Å². The number of aryl methyl sites for hydroxylation is 2. The molecule has 154 valence electrons. The van der Waals surface area contributed by atoms with Gasteiger partial charge in [0.2, 0.25) is 0 Å². The number of nitrogens with zero attached hydrogens (tertiary/aromatic N) is 4. The average Bonchev–Trinajstić information content (AvgIpc) is 3.07. The van der Waals surface area contributed by atoms with Crippen molar-refractivity contribution in [3.63, 3.8) is 0 Å². The van der Waals surface area contributed by atoms with Crippen molar-refractivity contribution in [3.05, 3.63) is 45.7 Å². The van der Waals surface area contributed by atoms with Crippen LogP contribution in [0.1, 0.15) is 27.3 Å². The Morgan fingerprint density at radius 2 is 1.93 bits per heavy atom. The highest BCUT2D eigenvalue weighted by Crippen LogP contribution is 2.25. The van der Waals surface area contributed by atoms with Crippen LogP contribution < -0.4 is 5.32 Å². The molecule has 1 N–H and O–H groups in total. The van der Waals surface area contributed by atoms with E-state index in [9.17, 15) is 9.59 Å². The minimum Gasteiger partial charge on any atom is -0.378 e. The highest BCUT2D eigenvalue weighted by Gasteiger charge is 2.31. The Kier molecular flexibility index (Phi) is 5.47. The second-order valence-electron chi connectivity index (χ2n) is 7.37. The van der Waals surface area contributed by atoms with E-state index in [0.29, 0.717) is 62.2 Å². The van der Waals surface area contributed by atoms with Gasteiger partial charge >= 0.3 is 6.03 Å². The predicted octanol–water partition coefficient (Wildman–Crippen LogP) is 2.44. The van der Waals surface area contributed by atoms with Crippen molar-refractivity contribution in [2.24, 2.45) is 7.05 Å². The second-order valence-corrected chi connectivity index (χ2v) is 7.77. The zero-order valence-electron chi connectivity index (χ0n) is 16.6. The molecule has 2 aliphatic rings. The van der Waals surface area contributed by atoms with E-state index in [-0.39, 0.29) is 11.9 Å². The van der Waals surface area contributed by atoms with Gasteiger partial charge in [0, 0.05) is 55.1 Å². The zero-order valence-corrected chi connectivity index (χ0v) is 17.3. The van der Waals surface area contributed by atoms with E-state index in [1.165, 1.54) is 0 Å². The molecule has 3 amide bonds. The number of fused-ring (bicyclic) bond motifs is 1. The van der Waals surface area contributed by atoms with Crippen LogP contribution >= 0.6 is 11.6 Å². The van der Waals surface area contributed by atoms with Crippen LogP contribution in [0.25, 0.3) is 0 Å². The molecule has 0 saturated carbocycles. The number of halogens is 1. The van der Waals surface area contributed by atoms with Crippen molar-refractivity contribution in [2.45, 2.75) is 19.9 Å². The van der Waals surface area contributed by atoms with E-state index in [4.69, 9.17) is 16.3 Å². The molecule has 0 spiro atoms. The summed E-state index contributed by atoms with van der Waals surface area (Å²) in [5, 5.41) is 7.97. The number of rotatable bonds is 2. The zero-order chi connectivity index (χ0) is 20.5. The van der Waals surface area contributed by atoms with Gasteiger partial charge in [-0.05, 0) is 24.6 Å². The van der Waals surface area contributed by atoms with Crippen molar-refractivity contribution < 1.29 is 14.3 Å². The van der Waals surface area contributed by atoms with E-state index in [2.05, 4.69) is 10.4 Å². The Balaban J connectivity index is 1.51. The predicted molar refractivity (Wildman–Crippen MR) is 109 cm³/mol. The Morgan fingerprint density at radius 1 is 1.17 bits per heavy atom. The van der Waals surface area contributed by atoms with Crippen LogP contribution in [0.15, 0.2) is 18.2 Å². The number of hydrogen-bond donors (Lipinski definition) is 1. The fourth-order valence-corrected chi connectivity index (χ4v) is 3.91. The van der Waals surface area contributed by atoms with Gasteiger partial charge in [-0.1, -0.05) is 17.7 Å². The second kappa shape index (κ2) is 8.04. The number of urea groups is 1. The molecule has 0 radical (unpaired) electrons. The number of morpholine rings is 1. The summed E-state index contributed by atoms with van der Waals surface area (Å²) in [6.07, 6.45) is 0.650. The van der Waals surface area contributed by atoms with Crippen molar-refractivity contribution >= 4 is 29.2 Å². The lowest BCUT2D eigenvalue weighted by Crippen LogP contribution is -2.42. The molecule has 0 unspecified atom stereocenters. The van der Waals surface area contributed by atoms with Crippen molar-refractivity contribution in [2.75, 3.05) is 38.2 Å². The summed E-state index contributed by atoms with van der Waals surface area (Å²) in [6.45, 7) is 5.01. The molecule has 0 bridgehead atoms. The number of nitrogens with one attached hydrogen (secondary N) is 1. The summed E-state index contributed by atoms with van der Waals surface area (Å²) < 4.78 is 7.10. The van der Waals surface area contributed by atoms with Gasteiger partial charge in [-0.25, -0.2) is 4.79 Å². The molecule has 29 heavy (non-hydrogen) atoms. The first-order valence-electron chi connectivity index (χ1n) is 9.68. The molecule has 4 rings (SSSR count). The standard InChI is InChI=1S/C20H24ClN5O3/c1-13-3-4-14(11-16(13)21)22-20(28)26-6-5-17-15(12-26)18(23-24(17)2)19(27)25-7-9-29-10-8-25/h3-4,11H,5-10,12H2,1-2H3,(H,22,28). The molecule has 0 aliphatic carbocycles. The van der Waals surface area contributed by atoms with E-state index >= 15 is 0 Å². The topological polar surface area (TPSA) is 79.7 Å². The quantitative estimate of drug-likeness (QED) is 0.813. The Hall–Kier alpha value is -2.58. The lowest BCUT2D eigenvalue weighted by molar-refractivity contribution is 0.0297. The van der Waals surface area contributed by atoms with Gasteiger partial charge in [0.25, 0.3) is 5.91 Å². The van der Waals surface area contributed by atoms with Gasteiger partial charge in [-0.15, -0.1) is 0 Å². The Bertz CT molecular complexity index is 952. The van der Waals surface area contributed by atoms with Crippen LogP contribution in [0.3, 0.4) is 0 Å². The molecular formula is C20H24ClN5O3. The first kappa shape index (κ1) is 19.7. The van der Waals surface area contributed by atoms with Crippen molar-refractivity contribution in [3.8, 4) is 0 Å². The van der Waals surface area contributed by atoms with Gasteiger partial charge in [0.05, 0.1) is 19.8 Å². The molecule has 1 aromatic carbocycles. The third-order valence-corrected chi connectivity index (χ3v) is 5.86. The number of amides is 3. The first-order chi connectivity index (χ1) is 13.9. The summed E-state index contributed by atoms with van der Waals surface area (Å²) >= 11 is 6.16. The highest BCUT2D eigenvalue weighted by atomic mass is 35.5. The highest BCUT2D eigenvalue weighted by molar-refractivity contribution is 6.31. The number of anilines is 1. The summed E-state index contributed by atoms with van der Waals surface area (Å²) in [5.74, 6) is -0.0993. The van der Waals surface area contributed by atoms with Crippen molar-refractivity contribution in [1.29, 1.82) is 0 Å². The number of hydrogen-bond acceptors (Lipinski definition) is 4. The summed E-state index contributed by atoms with van der Waals surface area (Å²) in [4.78, 5) is 29.2. The largest absolute Gasteiger partial charge is 0.378 e. The van der Waals surface area contributed by atoms with Crippen LogP contribution in [0.5, 0.6) is 0 Å². The SMILES string of the molecule is Cc1ccc(NC(=O)N2CCc3c(c(C(=O)N4CCOCC4)nn3C)C2)cc1Cl. The summed E-state index contributed by atoms with van der Waals surface area (Å²) in [7, 11) is 1.85. The van der Waals surface area contributed by atoms with Crippen LogP contribution in [-0.2, 0) is 24.8 Å². The van der Waals surface area contributed by atoms with Crippen molar-refractivity contribution in [1.82, 2.24) is 19.6 Å². The molecule has 9 heteroatoms. The smallest absolute Gasteiger partial charge is 0.322 e. The van der Waals surface area contributed by atoms with Crippen LogP contribution in [0.4, 0.5) is 10.5 Å². The lowest BCUT2D eigenvalue weighted by atomic mass is 10.0. The van der Waals surface area contributed by atoms with Gasteiger partial charge in [-0.2, -0.15) is 5.10 Å². The van der Waals surface area contributed by atoms with Crippen LogP contribution in [0.2, 0.25) is 5.02 Å². The summed E-state index contributed by atoms with van der Waals surface area (Å²) in [6, 6.07) is 5.21. The fourth-order valence-electron chi connectivity index (χ4n) is 3.73. The van der Waals surface area contributed by atoms with Gasteiger partial charge in [0.1, 0.15) is 0 Å². The molecule has 0 atom stereocenters. The lowest BCUT2D eigenvalue weighted by Gasteiger charge is -2.29. The number of ether oxygens (including phenoxy) is 1. The minimum atomic E-state index is -0.218. The fraction of sp³-hybridized carbons (Fsp3) is 0.450. The maximum Gasteiger partial charge on any atom is 0.322 e. The molecule has 1 saturated heterocycles.